The van der Waals surface area contributed by atoms with Crippen LogP contribution in [0.25, 0.3) is 0 Å². The first-order chi connectivity index (χ1) is 5.15. The number of rotatable bonds is 2. The average molecular weight is 154 g/mol. The first kappa shape index (κ1) is 8.20. The van der Waals surface area contributed by atoms with Gasteiger partial charge in [-0.3, -0.25) is 4.68 Å². The fourth-order valence-corrected chi connectivity index (χ4v) is 1.03. The summed E-state index contributed by atoms with van der Waals surface area (Å²) in [4.78, 5) is 4.27. The van der Waals surface area contributed by atoms with Gasteiger partial charge in [-0.1, -0.05) is 0 Å². The van der Waals surface area contributed by atoms with E-state index < -0.39 is 0 Å². The summed E-state index contributed by atoms with van der Waals surface area (Å²) in [6, 6.07) is 0.265. The molecule has 1 atom stereocenters. The molecule has 4 nitrogen and oxygen atoms in total. The molecule has 0 spiro atoms. The van der Waals surface area contributed by atoms with Crippen molar-refractivity contribution in [3.05, 3.63) is 11.6 Å². The van der Waals surface area contributed by atoms with Crippen molar-refractivity contribution in [2.45, 2.75) is 19.9 Å². The van der Waals surface area contributed by atoms with Gasteiger partial charge in [0.15, 0.2) is 0 Å². The van der Waals surface area contributed by atoms with E-state index in [1.54, 1.807) is 4.68 Å². The third-order valence-corrected chi connectivity index (χ3v) is 1.72. The van der Waals surface area contributed by atoms with E-state index in [1.165, 1.54) is 0 Å². The van der Waals surface area contributed by atoms with E-state index in [0.717, 1.165) is 11.6 Å². The van der Waals surface area contributed by atoms with Gasteiger partial charge in [0.05, 0.1) is 6.04 Å². The van der Waals surface area contributed by atoms with Gasteiger partial charge in [-0.25, -0.2) is 4.98 Å². The Morgan fingerprint density at radius 2 is 2.18 bits per heavy atom. The van der Waals surface area contributed by atoms with Crippen LogP contribution >= 0.6 is 0 Å². The maximum Gasteiger partial charge on any atom is 0.147 e. The van der Waals surface area contributed by atoms with Crippen molar-refractivity contribution in [3.8, 4) is 0 Å². The molecule has 0 fully saturated rings. The Morgan fingerprint density at radius 1 is 1.55 bits per heavy atom. The quantitative estimate of drug-likeness (QED) is 0.670. The normalized spacial score (nSPS) is 13.5. The van der Waals surface area contributed by atoms with Crippen LogP contribution in [-0.2, 0) is 7.05 Å². The molecule has 0 saturated heterocycles. The largest absolute Gasteiger partial charge is 0.311 e. The van der Waals surface area contributed by atoms with Crippen molar-refractivity contribution >= 4 is 0 Å². The molecule has 4 heteroatoms. The van der Waals surface area contributed by atoms with Gasteiger partial charge >= 0.3 is 0 Å². The number of nitrogens with zero attached hydrogens (tertiary/aromatic N) is 3. The van der Waals surface area contributed by atoms with Gasteiger partial charge < -0.3 is 5.32 Å². The Labute approximate surface area is 66.6 Å². The summed E-state index contributed by atoms with van der Waals surface area (Å²) in [6.45, 7) is 3.95. The van der Waals surface area contributed by atoms with Crippen molar-refractivity contribution < 1.29 is 0 Å². The number of hydrogen-bond donors (Lipinski definition) is 1. The van der Waals surface area contributed by atoms with E-state index >= 15 is 0 Å². The monoisotopic (exact) mass is 154 g/mol. The molecule has 1 heterocycles. The third kappa shape index (κ3) is 1.57. The summed E-state index contributed by atoms with van der Waals surface area (Å²) in [5.41, 5.74) is 0. The number of hydrogen-bond acceptors (Lipinski definition) is 3. The summed E-state index contributed by atoms with van der Waals surface area (Å²) >= 11 is 0. The number of aromatic nitrogens is 3. The minimum Gasteiger partial charge on any atom is -0.311 e. The van der Waals surface area contributed by atoms with Crippen molar-refractivity contribution in [1.29, 1.82) is 0 Å². The highest BCUT2D eigenvalue weighted by molar-refractivity contribution is 4.95. The SMILES string of the molecule is CNC(C)c1nc(C)nn1C. The van der Waals surface area contributed by atoms with Gasteiger partial charge in [0.1, 0.15) is 11.6 Å². The molecule has 1 N–H and O–H groups in total. The van der Waals surface area contributed by atoms with Crippen LogP contribution < -0.4 is 5.32 Å². The third-order valence-electron chi connectivity index (χ3n) is 1.72. The Morgan fingerprint density at radius 3 is 2.55 bits per heavy atom. The highest BCUT2D eigenvalue weighted by atomic mass is 15.3. The zero-order valence-electron chi connectivity index (χ0n) is 7.42. The molecule has 11 heavy (non-hydrogen) atoms. The molecule has 0 amide bonds. The Bertz CT molecular complexity index is 241. The molecular formula is C7H14N4. The van der Waals surface area contributed by atoms with Crippen molar-refractivity contribution in [1.82, 2.24) is 20.1 Å². The maximum absolute atomic E-state index is 4.27. The second-order valence-electron chi connectivity index (χ2n) is 2.65. The zero-order chi connectivity index (χ0) is 8.43. The lowest BCUT2D eigenvalue weighted by Crippen LogP contribution is -2.16. The highest BCUT2D eigenvalue weighted by Crippen LogP contribution is 2.06. The van der Waals surface area contributed by atoms with Gasteiger partial charge in [-0.05, 0) is 20.9 Å². The van der Waals surface area contributed by atoms with E-state index in [0.29, 0.717) is 0 Å². The molecule has 0 aliphatic rings. The highest BCUT2D eigenvalue weighted by Gasteiger charge is 2.09. The molecule has 0 bridgehead atoms. The van der Waals surface area contributed by atoms with E-state index in [4.69, 9.17) is 0 Å². The lowest BCUT2D eigenvalue weighted by Gasteiger charge is -2.07. The molecule has 0 aliphatic heterocycles. The van der Waals surface area contributed by atoms with Crippen LogP contribution in [0.3, 0.4) is 0 Å². The minimum atomic E-state index is 0.265. The van der Waals surface area contributed by atoms with Crippen molar-refractivity contribution in [2.75, 3.05) is 7.05 Å². The predicted molar refractivity (Wildman–Crippen MR) is 43.2 cm³/mol. The topological polar surface area (TPSA) is 42.7 Å². The second kappa shape index (κ2) is 3.00. The standard InChI is InChI=1S/C7H14N4/c1-5(8-3)7-9-6(2)10-11(7)4/h5,8H,1-4H3. The van der Waals surface area contributed by atoms with E-state index in [1.807, 2.05) is 21.0 Å². The lowest BCUT2D eigenvalue weighted by atomic mass is 10.3. The van der Waals surface area contributed by atoms with Gasteiger partial charge in [0.25, 0.3) is 0 Å². The molecule has 1 aromatic rings. The lowest BCUT2D eigenvalue weighted by molar-refractivity contribution is 0.564. The predicted octanol–water partition coefficient (Wildman–Crippen LogP) is 0.404. The van der Waals surface area contributed by atoms with Crippen LogP contribution in [0.15, 0.2) is 0 Å². The van der Waals surface area contributed by atoms with Crippen molar-refractivity contribution in [2.24, 2.45) is 7.05 Å². The zero-order valence-corrected chi connectivity index (χ0v) is 7.42. The summed E-state index contributed by atoms with van der Waals surface area (Å²) in [7, 11) is 3.82. The smallest absolute Gasteiger partial charge is 0.147 e. The number of nitrogens with one attached hydrogen (secondary N) is 1. The van der Waals surface area contributed by atoms with Crippen LogP contribution in [0, 0.1) is 6.92 Å². The fraction of sp³-hybridized carbons (Fsp3) is 0.714. The minimum absolute atomic E-state index is 0.265. The average Bonchev–Trinajstić information content (AvgIpc) is 2.28. The van der Waals surface area contributed by atoms with Gasteiger partial charge in [0.2, 0.25) is 0 Å². The van der Waals surface area contributed by atoms with E-state index in [-0.39, 0.29) is 6.04 Å². The second-order valence-corrected chi connectivity index (χ2v) is 2.65. The molecule has 0 aromatic carbocycles. The van der Waals surface area contributed by atoms with E-state index in [9.17, 15) is 0 Å². The fourth-order valence-electron chi connectivity index (χ4n) is 1.03. The molecule has 62 valence electrons. The molecule has 0 aliphatic carbocycles. The molecular weight excluding hydrogens is 140 g/mol. The molecule has 1 unspecified atom stereocenters. The molecule has 1 aromatic heterocycles. The van der Waals surface area contributed by atoms with Crippen LogP contribution in [0.4, 0.5) is 0 Å². The summed E-state index contributed by atoms with van der Waals surface area (Å²) in [5.74, 6) is 1.80. The van der Waals surface area contributed by atoms with Gasteiger partial charge in [-0.15, -0.1) is 0 Å². The van der Waals surface area contributed by atoms with Crippen LogP contribution in [0.2, 0.25) is 0 Å². The first-order valence-electron chi connectivity index (χ1n) is 3.70. The van der Waals surface area contributed by atoms with Gasteiger partial charge in [0, 0.05) is 7.05 Å². The van der Waals surface area contributed by atoms with Crippen LogP contribution in [0.5, 0.6) is 0 Å². The summed E-state index contributed by atoms with van der Waals surface area (Å²) < 4.78 is 1.80. The Hall–Kier alpha value is -0.900. The molecule has 1 rings (SSSR count). The summed E-state index contributed by atoms with van der Waals surface area (Å²) in [5, 5.41) is 7.26. The van der Waals surface area contributed by atoms with Gasteiger partial charge in [-0.2, -0.15) is 5.10 Å². The van der Waals surface area contributed by atoms with Crippen LogP contribution in [-0.4, -0.2) is 21.8 Å². The first-order valence-corrected chi connectivity index (χ1v) is 3.70. The molecule has 0 saturated carbocycles. The van der Waals surface area contributed by atoms with Crippen molar-refractivity contribution in [3.63, 3.8) is 0 Å². The maximum atomic E-state index is 4.27. The van der Waals surface area contributed by atoms with E-state index in [2.05, 4.69) is 22.3 Å². The summed E-state index contributed by atoms with van der Waals surface area (Å²) in [6.07, 6.45) is 0. The Kier molecular flexibility index (Phi) is 2.24. The Balaban J connectivity index is 2.93. The van der Waals surface area contributed by atoms with Crippen LogP contribution in [0.1, 0.15) is 24.6 Å². The molecule has 0 radical (unpaired) electrons. The number of aryl methyl sites for hydroxylation is 2.